The summed E-state index contributed by atoms with van der Waals surface area (Å²) in [5.41, 5.74) is 2.21. The minimum Gasteiger partial charge on any atom is -0.275 e. The van der Waals surface area contributed by atoms with Gasteiger partial charge in [-0.25, -0.2) is 0 Å². The summed E-state index contributed by atoms with van der Waals surface area (Å²) in [6.07, 6.45) is 0. The molecule has 5 nitrogen and oxygen atoms in total. The first-order chi connectivity index (χ1) is 7.72. The molecule has 0 saturated heterocycles. The number of imide groups is 1. The molecule has 0 atom stereocenters. The lowest BCUT2D eigenvalue weighted by Crippen LogP contribution is -2.29. The van der Waals surface area contributed by atoms with Gasteiger partial charge in [0.05, 0.1) is 22.9 Å². The lowest BCUT2D eigenvalue weighted by molar-refractivity contribution is 0.0663. The largest absolute Gasteiger partial charge is 0.275 e. The van der Waals surface area contributed by atoms with E-state index in [0.717, 1.165) is 11.7 Å². The van der Waals surface area contributed by atoms with E-state index in [0.29, 0.717) is 28.7 Å². The summed E-state index contributed by atoms with van der Waals surface area (Å²) in [5.74, 6) is -0.477. The third-order valence-corrected chi connectivity index (χ3v) is 3.22. The van der Waals surface area contributed by atoms with Crippen LogP contribution in [0.1, 0.15) is 27.6 Å². The number of carbonyl (C=O) groups excluding carboxylic acids is 2. The summed E-state index contributed by atoms with van der Waals surface area (Å²) < 4.78 is 8.11. The number of fused-ring (bicyclic) bond motifs is 2. The molecule has 0 N–H and O–H groups in total. The number of rotatable bonds is 1. The lowest BCUT2D eigenvalue weighted by Gasteiger charge is -2.08. The van der Waals surface area contributed by atoms with Crippen LogP contribution in [-0.2, 0) is 0 Å². The molecule has 2 amide bonds. The van der Waals surface area contributed by atoms with Crippen molar-refractivity contribution in [3.63, 3.8) is 0 Å². The van der Waals surface area contributed by atoms with Crippen LogP contribution in [0, 0.1) is 0 Å². The minimum atomic E-state index is -0.239. The molecule has 16 heavy (non-hydrogen) atoms. The molecule has 2 aromatic rings. The van der Waals surface area contributed by atoms with Crippen molar-refractivity contribution in [2.24, 2.45) is 0 Å². The molecular weight excluding hydrogens is 226 g/mol. The van der Waals surface area contributed by atoms with Gasteiger partial charge in [0.1, 0.15) is 11.0 Å². The molecule has 0 radical (unpaired) electrons. The van der Waals surface area contributed by atoms with E-state index < -0.39 is 0 Å². The van der Waals surface area contributed by atoms with Gasteiger partial charge in [0.2, 0.25) is 0 Å². The Hall–Kier alpha value is -1.82. The Labute approximate surface area is 95.0 Å². The van der Waals surface area contributed by atoms with E-state index >= 15 is 0 Å². The maximum atomic E-state index is 11.9. The highest BCUT2D eigenvalue weighted by molar-refractivity contribution is 7.00. The monoisotopic (exact) mass is 233 g/mol. The van der Waals surface area contributed by atoms with Crippen molar-refractivity contribution < 1.29 is 9.59 Å². The summed E-state index contributed by atoms with van der Waals surface area (Å²) in [4.78, 5) is 25.0. The van der Waals surface area contributed by atoms with Crippen molar-refractivity contribution in [2.75, 3.05) is 6.54 Å². The first-order valence-corrected chi connectivity index (χ1v) is 5.58. The quantitative estimate of drug-likeness (QED) is 0.696. The molecule has 6 heteroatoms. The Balaban J connectivity index is 2.29. The van der Waals surface area contributed by atoms with E-state index in [1.54, 1.807) is 19.1 Å². The zero-order chi connectivity index (χ0) is 11.3. The number of hydrogen-bond donors (Lipinski definition) is 0. The fourth-order valence-electron chi connectivity index (χ4n) is 1.86. The highest BCUT2D eigenvalue weighted by Crippen LogP contribution is 2.26. The van der Waals surface area contributed by atoms with Crippen molar-refractivity contribution in [1.82, 2.24) is 13.6 Å². The van der Waals surface area contributed by atoms with Gasteiger partial charge in [0.25, 0.3) is 11.8 Å². The Kier molecular flexibility index (Phi) is 1.81. The van der Waals surface area contributed by atoms with Gasteiger partial charge in [-0.2, -0.15) is 8.75 Å². The fourth-order valence-corrected chi connectivity index (χ4v) is 2.36. The molecule has 1 aromatic carbocycles. The molecule has 2 heterocycles. The van der Waals surface area contributed by atoms with Crippen LogP contribution >= 0.6 is 11.7 Å². The molecule has 0 aliphatic carbocycles. The number of nitrogens with zero attached hydrogens (tertiary/aromatic N) is 3. The predicted molar refractivity (Wildman–Crippen MR) is 58.5 cm³/mol. The Bertz CT molecular complexity index is 570. The third-order valence-electron chi connectivity index (χ3n) is 2.66. The van der Waals surface area contributed by atoms with Crippen LogP contribution < -0.4 is 0 Å². The summed E-state index contributed by atoms with van der Waals surface area (Å²) >= 11 is 1.08. The normalized spacial score (nSPS) is 14.9. The average Bonchev–Trinajstić information content (AvgIpc) is 2.82. The van der Waals surface area contributed by atoms with Crippen LogP contribution in [0.25, 0.3) is 11.0 Å². The van der Waals surface area contributed by atoms with Crippen molar-refractivity contribution >= 4 is 34.6 Å². The van der Waals surface area contributed by atoms with Gasteiger partial charge < -0.3 is 0 Å². The lowest BCUT2D eigenvalue weighted by atomic mass is 10.1. The summed E-state index contributed by atoms with van der Waals surface area (Å²) in [6.45, 7) is 2.17. The maximum absolute atomic E-state index is 11.9. The third kappa shape index (κ3) is 1.04. The van der Waals surface area contributed by atoms with Crippen LogP contribution in [0.3, 0.4) is 0 Å². The van der Waals surface area contributed by atoms with Crippen LogP contribution in [-0.4, -0.2) is 32.0 Å². The second-order valence-corrected chi connectivity index (χ2v) is 4.03. The van der Waals surface area contributed by atoms with Crippen molar-refractivity contribution in [3.8, 4) is 0 Å². The van der Waals surface area contributed by atoms with E-state index in [1.165, 1.54) is 4.90 Å². The van der Waals surface area contributed by atoms with Crippen molar-refractivity contribution in [3.05, 3.63) is 23.3 Å². The number of amides is 2. The molecule has 1 aliphatic heterocycles. The summed E-state index contributed by atoms with van der Waals surface area (Å²) in [5, 5.41) is 0. The van der Waals surface area contributed by atoms with E-state index in [4.69, 9.17) is 0 Å². The number of benzene rings is 1. The Morgan fingerprint density at radius 3 is 2.06 bits per heavy atom. The van der Waals surface area contributed by atoms with Gasteiger partial charge >= 0.3 is 0 Å². The maximum Gasteiger partial charge on any atom is 0.261 e. The minimum absolute atomic E-state index is 0.239. The molecule has 3 rings (SSSR count). The summed E-state index contributed by atoms with van der Waals surface area (Å²) in [7, 11) is 0. The first kappa shape index (κ1) is 9.41. The molecule has 0 saturated carbocycles. The molecule has 0 fully saturated rings. The van der Waals surface area contributed by atoms with Gasteiger partial charge in [0, 0.05) is 6.54 Å². The second-order valence-electron chi connectivity index (χ2n) is 3.51. The molecule has 1 aliphatic rings. The molecule has 80 valence electrons. The van der Waals surface area contributed by atoms with Gasteiger partial charge in [-0.05, 0) is 19.1 Å². The van der Waals surface area contributed by atoms with E-state index in [-0.39, 0.29) is 11.8 Å². The highest BCUT2D eigenvalue weighted by Gasteiger charge is 2.35. The van der Waals surface area contributed by atoms with Crippen LogP contribution in [0.2, 0.25) is 0 Å². The van der Waals surface area contributed by atoms with Crippen molar-refractivity contribution in [2.45, 2.75) is 6.92 Å². The zero-order valence-corrected chi connectivity index (χ0v) is 9.24. The van der Waals surface area contributed by atoms with E-state index in [1.807, 2.05) is 0 Å². The number of hydrogen-bond acceptors (Lipinski definition) is 5. The van der Waals surface area contributed by atoms with Crippen molar-refractivity contribution in [1.29, 1.82) is 0 Å². The molecule has 0 bridgehead atoms. The standard InChI is InChI=1S/C10H7N3O2S/c1-2-13-9(14)5-3-7-8(12-16-11-7)4-6(5)10(13)15/h3-4H,2H2,1H3. The second kappa shape index (κ2) is 3.08. The predicted octanol–water partition coefficient (Wildman–Crippen LogP) is 1.31. The molecule has 0 unspecified atom stereocenters. The molecular formula is C10H7N3O2S. The van der Waals surface area contributed by atoms with Gasteiger partial charge in [-0.15, -0.1) is 0 Å². The molecule has 1 aromatic heterocycles. The summed E-state index contributed by atoms with van der Waals surface area (Å²) in [6, 6.07) is 3.29. The Morgan fingerprint density at radius 1 is 1.12 bits per heavy atom. The fraction of sp³-hybridized carbons (Fsp3) is 0.200. The highest BCUT2D eigenvalue weighted by atomic mass is 32.1. The van der Waals surface area contributed by atoms with Gasteiger partial charge in [-0.1, -0.05) is 0 Å². The van der Waals surface area contributed by atoms with Crippen LogP contribution in [0.4, 0.5) is 0 Å². The van der Waals surface area contributed by atoms with Gasteiger partial charge in [0.15, 0.2) is 0 Å². The number of aromatic nitrogens is 2. The van der Waals surface area contributed by atoms with E-state index in [9.17, 15) is 9.59 Å². The zero-order valence-electron chi connectivity index (χ0n) is 8.43. The topological polar surface area (TPSA) is 63.2 Å². The van der Waals surface area contributed by atoms with Crippen LogP contribution in [0.5, 0.6) is 0 Å². The molecule has 0 spiro atoms. The average molecular weight is 233 g/mol. The first-order valence-electron chi connectivity index (χ1n) is 4.85. The Morgan fingerprint density at radius 2 is 1.62 bits per heavy atom. The van der Waals surface area contributed by atoms with Crippen LogP contribution in [0.15, 0.2) is 12.1 Å². The SMILES string of the molecule is CCN1C(=O)c2cc3nsnc3cc2C1=O. The van der Waals surface area contributed by atoms with Gasteiger partial charge in [-0.3, -0.25) is 14.5 Å². The van der Waals surface area contributed by atoms with E-state index in [2.05, 4.69) is 8.75 Å². The number of carbonyl (C=O) groups is 2. The smallest absolute Gasteiger partial charge is 0.261 e.